The van der Waals surface area contributed by atoms with Gasteiger partial charge in [0.05, 0.1) is 12.1 Å². The summed E-state index contributed by atoms with van der Waals surface area (Å²) in [6.07, 6.45) is 11.7. The zero-order valence-electron chi connectivity index (χ0n) is 30.1. The second-order valence-electron chi connectivity index (χ2n) is 15.6. The Morgan fingerprint density at radius 3 is 2.28 bits per heavy atom. The van der Waals surface area contributed by atoms with Crippen molar-refractivity contribution in [2.45, 2.75) is 104 Å². The van der Waals surface area contributed by atoms with Crippen molar-refractivity contribution < 1.29 is 28.8 Å². The first-order chi connectivity index (χ1) is 23.6. The summed E-state index contributed by atoms with van der Waals surface area (Å²) >= 11 is 0. The maximum absolute atomic E-state index is 14.5. The number of fused-ring (bicyclic) bond motifs is 1. The Kier molecular flexibility index (Phi) is 12.3. The number of piperidine rings is 1. The molecule has 1 heterocycles. The number of carbonyl (C=O) groups excluding carboxylic acids is 6. The lowest BCUT2D eigenvalue weighted by Crippen LogP contribution is -2.62. The minimum atomic E-state index is -1.18. The Labute approximate surface area is 296 Å². The second kappa shape index (κ2) is 16.0. The Hall–Kier alpha value is -4.46. The summed E-state index contributed by atoms with van der Waals surface area (Å²) in [6.45, 7) is 13.5. The highest BCUT2D eigenvalue weighted by Crippen LogP contribution is 2.65. The number of amides is 5. The number of ketones is 2. The van der Waals surface area contributed by atoms with E-state index in [2.05, 4.69) is 33.8 Å². The van der Waals surface area contributed by atoms with Crippen molar-refractivity contribution >= 4 is 35.3 Å². The molecular weight excluding hydrogens is 634 g/mol. The molecule has 1 saturated heterocycles. The van der Waals surface area contributed by atoms with Gasteiger partial charge in [0.1, 0.15) is 12.1 Å². The standard InChI is InChI=1S/C39H53N5O6/c1-8-10-21-27(32(46)35(48)40-22-9-2)41-34(47)30-28-26(39(28,6)7)23-44(30)36(49)33(38(3,4)5)43-37(50)42-29(24-17-13-11-14-18-24)31(45)25-19-15-12-16-20-25/h1,9,12,15-16,19-20,24,26-30,33H,2,10-11,13-14,17-18,21-23H2,3-7H3,(H,40,48)(H,41,47)(H2,42,43,50)/t26?,27?,28-,29-,30-,33+/m0/s1. The van der Waals surface area contributed by atoms with Crippen LogP contribution in [0.2, 0.25) is 0 Å². The van der Waals surface area contributed by atoms with E-state index in [4.69, 9.17) is 6.42 Å². The SMILES string of the molecule is C#CCCC(NC(=O)[C@@H]1[C@@H]2C(CN1C(=O)[C@@H](NC(=O)N[C@H](C(=O)c1ccccc1)C1CCCCC1)C(C)(C)C)C2(C)C)C(=O)C(=O)NCC=C. The van der Waals surface area contributed by atoms with E-state index >= 15 is 0 Å². The van der Waals surface area contributed by atoms with Gasteiger partial charge in [-0.15, -0.1) is 18.9 Å². The van der Waals surface area contributed by atoms with Gasteiger partial charge < -0.3 is 26.2 Å². The number of benzene rings is 1. The van der Waals surface area contributed by atoms with Crippen LogP contribution in [0.1, 0.15) is 89.9 Å². The Morgan fingerprint density at radius 1 is 1.02 bits per heavy atom. The lowest BCUT2D eigenvalue weighted by atomic mass is 9.81. The van der Waals surface area contributed by atoms with Crippen molar-refractivity contribution in [3.8, 4) is 12.3 Å². The summed E-state index contributed by atoms with van der Waals surface area (Å²) in [6, 6.07) is 4.36. The highest BCUT2D eigenvalue weighted by molar-refractivity contribution is 6.38. The summed E-state index contributed by atoms with van der Waals surface area (Å²) in [5.74, 6) is -0.579. The molecule has 270 valence electrons. The lowest BCUT2D eigenvalue weighted by molar-refractivity contribution is -0.145. The average molecular weight is 688 g/mol. The van der Waals surface area contributed by atoms with Crippen LogP contribution in [-0.2, 0) is 19.2 Å². The molecule has 50 heavy (non-hydrogen) atoms. The van der Waals surface area contributed by atoms with Gasteiger partial charge in [-0.2, -0.15) is 0 Å². The maximum atomic E-state index is 14.5. The number of Topliss-reactive ketones (excluding diaryl/α,β-unsaturated/α-hetero) is 2. The Morgan fingerprint density at radius 2 is 1.68 bits per heavy atom. The zero-order valence-corrected chi connectivity index (χ0v) is 30.1. The molecule has 2 aliphatic carbocycles. The molecule has 0 bridgehead atoms. The van der Waals surface area contributed by atoms with Gasteiger partial charge in [-0.3, -0.25) is 24.0 Å². The van der Waals surface area contributed by atoms with Crippen LogP contribution in [0, 0.1) is 40.9 Å². The van der Waals surface area contributed by atoms with Crippen LogP contribution >= 0.6 is 0 Å². The average Bonchev–Trinajstić information content (AvgIpc) is 3.39. The van der Waals surface area contributed by atoms with Crippen LogP contribution in [0.4, 0.5) is 4.79 Å². The molecule has 1 aromatic carbocycles. The number of nitrogens with zero attached hydrogens (tertiary/aromatic N) is 1. The van der Waals surface area contributed by atoms with Crippen LogP contribution in [0.5, 0.6) is 0 Å². The predicted molar refractivity (Wildman–Crippen MR) is 191 cm³/mol. The maximum Gasteiger partial charge on any atom is 0.316 e. The van der Waals surface area contributed by atoms with Crippen LogP contribution in [0.15, 0.2) is 43.0 Å². The van der Waals surface area contributed by atoms with Crippen molar-refractivity contribution in [2.75, 3.05) is 13.1 Å². The van der Waals surface area contributed by atoms with Crippen LogP contribution < -0.4 is 21.3 Å². The number of hydrogen-bond donors (Lipinski definition) is 4. The zero-order chi connectivity index (χ0) is 36.8. The van der Waals surface area contributed by atoms with Gasteiger partial charge in [0, 0.05) is 25.1 Å². The van der Waals surface area contributed by atoms with E-state index in [1.807, 2.05) is 40.7 Å². The molecule has 5 amide bonds. The normalized spacial score (nSPS) is 22.8. The van der Waals surface area contributed by atoms with Crippen molar-refractivity contribution in [1.29, 1.82) is 0 Å². The minimum absolute atomic E-state index is 0.0315. The number of urea groups is 1. The highest BCUT2D eigenvalue weighted by Gasteiger charge is 2.70. The van der Waals surface area contributed by atoms with E-state index in [1.54, 1.807) is 24.3 Å². The first kappa shape index (κ1) is 38.3. The molecule has 2 unspecified atom stereocenters. The number of nitrogens with one attached hydrogen (secondary N) is 4. The molecule has 11 nitrogen and oxygen atoms in total. The molecule has 3 fully saturated rings. The highest BCUT2D eigenvalue weighted by atomic mass is 16.2. The third-order valence-electron chi connectivity index (χ3n) is 10.7. The van der Waals surface area contributed by atoms with Gasteiger partial charge >= 0.3 is 6.03 Å². The quantitative estimate of drug-likeness (QED) is 0.101. The smallest absolute Gasteiger partial charge is 0.316 e. The van der Waals surface area contributed by atoms with Crippen molar-refractivity contribution in [3.05, 3.63) is 48.6 Å². The Balaban J connectivity index is 1.55. The van der Waals surface area contributed by atoms with E-state index < -0.39 is 59.1 Å². The molecule has 1 aliphatic heterocycles. The molecule has 11 heteroatoms. The summed E-state index contributed by atoms with van der Waals surface area (Å²) in [5, 5.41) is 11.0. The van der Waals surface area contributed by atoms with Crippen molar-refractivity contribution in [2.24, 2.45) is 28.6 Å². The monoisotopic (exact) mass is 687 g/mol. The van der Waals surface area contributed by atoms with Crippen LogP contribution in [0.25, 0.3) is 0 Å². The molecular formula is C39H53N5O6. The van der Waals surface area contributed by atoms with Crippen LogP contribution in [-0.4, -0.2) is 77.5 Å². The van der Waals surface area contributed by atoms with Gasteiger partial charge in [-0.05, 0) is 47.8 Å². The first-order valence-corrected chi connectivity index (χ1v) is 17.8. The lowest BCUT2D eigenvalue weighted by Gasteiger charge is -2.38. The van der Waals surface area contributed by atoms with E-state index in [0.29, 0.717) is 12.1 Å². The van der Waals surface area contributed by atoms with Gasteiger partial charge in [0.15, 0.2) is 5.78 Å². The molecule has 3 aliphatic rings. The molecule has 0 spiro atoms. The fourth-order valence-electron chi connectivity index (χ4n) is 7.75. The largest absolute Gasteiger partial charge is 0.346 e. The predicted octanol–water partition coefficient (Wildman–Crippen LogP) is 3.78. The molecule has 4 rings (SSSR count). The molecule has 4 N–H and O–H groups in total. The van der Waals surface area contributed by atoms with Crippen LogP contribution in [0.3, 0.4) is 0 Å². The van der Waals surface area contributed by atoms with Gasteiger partial charge in [-0.25, -0.2) is 4.79 Å². The first-order valence-electron chi connectivity index (χ1n) is 17.8. The Bertz CT molecular complexity index is 1500. The summed E-state index contributed by atoms with van der Waals surface area (Å²) in [4.78, 5) is 83.0. The minimum Gasteiger partial charge on any atom is -0.346 e. The fourth-order valence-corrected chi connectivity index (χ4v) is 7.75. The van der Waals surface area contributed by atoms with E-state index in [9.17, 15) is 28.8 Å². The number of rotatable bonds is 14. The fraction of sp³-hybridized carbons (Fsp3) is 0.590. The van der Waals surface area contributed by atoms with E-state index in [-0.39, 0.29) is 48.3 Å². The number of terminal acetylenes is 1. The molecule has 1 aromatic rings. The van der Waals surface area contributed by atoms with Gasteiger partial charge in [0.2, 0.25) is 17.6 Å². The number of hydrogen-bond acceptors (Lipinski definition) is 6. The third-order valence-corrected chi connectivity index (χ3v) is 10.7. The third kappa shape index (κ3) is 8.63. The summed E-state index contributed by atoms with van der Waals surface area (Å²) in [7, 11) is 0. The number of likely N-dealkylation sites (tertiary alicyclic amines) is 1. The van der Waals surface area contributed by atoms with Gasteiger partial charge in [0.25, 0.3) is 5.91 Å². The van der Waals surface area contributed by atoms with E-state index in [1.165, 1.54) is 11.0 Å². The molecule has 2 saturated carbocycles. The van der Waals surface area contributed by atoms with Crippen molar-refractivity contribution in [3.63, 3.8) is 0 Å². The molecule has 0 radical (unpaired) electrons. The second-order valence-corrected chi connectivity index (χ2v) is 15.6. The molecule has 0 aromatic heterocycles. The van der Waals surface area contributed by atoms with E-state index in [0.717, 1.165) is 32.1 Å². The van der Waals surface area contributed by atoms with Crippen molar-refractivity contribution in [1.82, 2.24) is 26.2 Å². The summed E-state index contributed by atoms with van der Waals surface area (Å²) in [5.41, 5.74) is -0.488. The molecule has 6 atom stereocenters. The number of carbonyl (C=O) groups is 6. The van der Waals surface area contributed by atoms with Gasteiger partial charge in [-0.1, -0.05) is 90.3 Å². The summed E-state index contributed by atoms with van der Waals surface area (Å²) < 4.78 is 0. The topological polar surface area (TPSA) is 154 Å².